The van der Waals surface area contributed by atoms with Gasteiger partial charge < -0.3 is 5.32 Å². The molecule has 1 heterocycles. The van der Waals surface area contributed by atoms with E-state index in [0.29, 0.717) is 0 Å². The summed E-state index contributed by atoms with van der Waals surface area (Å²) in [5.74, 6) is 1.30. The molecule has 1 aromatic heterocycles. The number of nitrogens with zero attached hydrogens (tertiary/aromatic N) is 2. The molecule has 19 heavy (non-hydrogen) atoms. The summed E-state index contributed by atoms with van der Waals surface area (Å²) in [4.78, 5) is 0. The van der Waals surface area contributed by atoms with Crippen molar-refractivity contribution in [2.24, 2.45) is 0 Å². The van der Waals surface area contributed by atoms with Crippen LogP contribution in [0.25, 0.3) is 0 Å². The van der Waals surface area contributed by atoms with Gasteiger partial charge in [-0.15, -0.1) is 0 Å². The van der Waals surface area contributed by atoms with Gasteiger partial charge in [-0.3, -0.25) is 4.68 Å². The van der Waals surface area contributed by atoms with E-state index in [4.69, 9.17) is 0 Å². The lowest BCUT2D eigenvalue weighted by Gasteiger charge is -2.18. The molecular formula is C15H29N3S. The number of thioether (sulfide) groups is 1. The van der Waals surface area contributed by atoms with Gasteiger partial charge in [0.05, 0.1) is 11.7 Å². The van der Waals surface area contributed by atoms with Crippen molar-refractivity contribution in [2.45, 2.75) is 58.5 Å². The molecule has 0 spiro atoms. The van der Waals surface area contributed by atoms with E-state index in [0.717, 1.165) is 13.1 Å². The average Bonchev–Trinajstić information content (AvgIpc) is 2.81. The summed E-state index contributed by atoms with van der Waals surface area (Å²) in [6.07, 6.45) is 11.6. The number of hydrogen-bond donors (Lipinski definition) is 1. The Hall–Kier alpha value is -0.480. The molecule has 3 nitrogen and oxygen atoms in total. The Labute approximate surface area is 122 Å². The van der Waals surface area contributed by atoms with Crippen LogP contribution in [0.3, 0.4) is 0 Å². The minimum atomic E-state index is 0.0789. The number of unbranched alkanes of at least 4 members (excludes halogenated alkanes) is 3. The van der Waals surface area contributed by atoms with E-state index >= 15 is 0 Å². The van der Waals surface area contributed by atoms with Gasteiger partial charge in [-0.2, -0.15) is 16.9 Å². The molecule has 0 bridgehead atoms. The van der Waals surface area contributed by atoms with Gasteiger partial charge in [-0.25, -0.2) is 0 Å². The van der Waals surface area contributed by atoms with E-state index in [9.17, 15) is 0 Å². The van der Waals surface area contributed by atoms with Gasteiger partial charge in [0.25, 0.3) is 0 Å². The third-order valence-electron chi connectivity index (χ3n) is 3.10. The standard InChI is InChI=1S/C15H29N3S/c1-15(2,3)18-13-14(12-17-18)11-16-9-7-5-6-8-10-19-4/h12-13,16H,5-11H2,1-4H3. The van der Waals surface area contributed by atoms with E-state index in [1.165, 1.54) is 37.0 Å². The zero-order valence-corrected chi connectivity index (χ0v) is 13.7. The van der Waals surface area contributed by atoms with Gasteiger partial charge in [0.2, 0.25) is 0 Å². The number of rotatable bonds is 9. The first-order valence-corrected chi connectivity index (χ1v) is 8.67. The number of aromatic nitrogens is 2. The van der Waals surface area contributed by atoms with Crippen molar-refractivity contribution in [1.82, 2.24) is 15.1 Å². The molecule has 4 heteroatoms. The molecule has 0 aromatic carbocycles. The van der Waals surface area contributed by atoms with Gasteiger partial charge >= 0.3 is 0 Å². The van der Waals surface area contributed by atoms with Crippen molar-refractivity contribution in [2.75, 3.05) is 18.6 Å². The SMILES string of the molecule is CSCCCCCCNCc1cnn(C(C)(C)C)c1. The van der Waals surface area contributed by atoms with Crippen molar-refractivity contribution in [1.29, 1.82) is 0 Å². The molecular weight excluding hydrogens is 254 g/mol. The van der Waals surface area contributed by atoms with Crippen molar-refractivity contribution in [3.05, 3.63) is 18.0 Å². The Balaban J connectivity index is 2.08. The van der Waals surface area contributed by atoms with Gasteiger partial charge in [0, 0.05) is 18.3 Å². The molecule has 0 unspecified atom stereocenters. The van der Waals surface area contributed by atoms with E-state index in [1.807, 2.05) is 22.6 Å². The predicted molar refractivity (Wildman–Crippen MR) is 85.8 cm³/mol. The monoisotopic (exact) mass is 283 g/mol. The van der Waals surface area contributed by atoms with Gasteiger partial charge in [-0.05, 0) is 52.2 Å². The lowest BCUT2D eigenvalue weighted by atomic mass is 10.1. The summed E-state index contributed by atoms with van der Waals surface area (Å²) in [5, 5.41) is 7.91. The van der Waals surface area contributed by atoms with Crippen molar-refractivity contribution in [3.8, 4) is 0 Å². The fourth-order valence-electron chi connectivity index (χ4n) is 1.90. The van der Waals surface area contributed by atoms with Crippen LogP contribution in [-0.4, -0.2) is 28.3 Å². The molecule has 1 rings (SSSR count). The Kier molecular flexibility index (Phi) is 7.54. The highest BCUT2D eigenvalue weighted by Gasteiger charge is 2.13. The second kappa shape index (κ2) is 8.64. The van der Waals surface area contributed by atoms with E-state index in [2.05, 4.69) is 43.6 Å². The Morgan fingerprint density at radius 3 is 2.58 bits per heavy atom. The summed E-state index contributed by atoms with van der Waals surface area (Å²) < 4.78 is 2.03. The van der Waals surface area contributed by atoms with Crippen LogP contribution in [0.2, 0.25) is 0 Å². The molecule has 0 atom stereocenters. The first kappa shape index (κ1) is 16.6. The van der Waals surface area contributed by atoms with Crippen LogP contribution in [0.5, 0.6) is 0 Å². The molecule has 0 saturated carbocycles. The minimum absolute atomic E-state index is 0.0789. The maximum atomic E-state index is 4.41. The fraction of sp³-hybridized carbons (Fsp3) is 0.800. The van der Waals surface area contributed by atoms with Gasteiger partial charge in [0.15, 0.2) is 0 Å². The van der Waals surface area contributed by atoms with Crippen LogP contribution >= 0.6 is 11.8 Å². The molecule has 0 fully saturated rings. The molecule has 0 amide bonds. The maximum absolute atomic E-state index is 4.41. The Bertz CT molecular complexity index is 341. The van der Waals surface area contributed by atoms with Gasteiger partial charge in [0.1, 0.15) is 0 Å². The normalized spacial score (nSPS) is 12.0. The van der Waals surface area contributed by atoms with Crippen LogP contribution < -0.4 is 5.32 Å². The summed E-state index contributed by atoms with van der Waals surface area (Å²) in [5.41, 5.74) is 1.35. The van der Waals surface area contributed by atoms with E-state index in [-0.39, 0.29) is 5.54 Å². The predicted octanol–water partition coefficient (Wildman–Crippen LogP) is 3.65. The third-order valence-corrected chi connectivity index (χ3v) is 3.80. The largest absolute Gasteiger partial charge is 0.313 e. The average molecular weight is 283 g/mol. The molecule has 0 aliphatic carbocycles. The van der Waals surface area contributed by atoms with Crippen LogP contribution in [-0.2, 0) is 12.1 Å². The highest BCUT2D eigenvalue weighted by Crippen LogP contribution is 2.13. The van der Waals surface area contributed by atoms with E-state index < -0.39 is 0 Å². The van der Waals surface area contributed by atoms with Gasteiger partial charge in [-0.1, -0.05) is 12.8 Å². The zero-order chi connectivity index (χ0) is 14.1. The van der Waals surface area contributed by atoms with Crippen molar-refractivity contribution < 1.29 is 0 Å². The zero-order valence-electron chi connectivity index (χ0n) is 12.9. The van der Waals surface area contributed by atoms with Crippen LogP contribution in [0.15, 0.2) is 12.4 Å². The maximum Gasteiger partial charge on any atom is 0.0543 e. The first-order valence-electron chi connectivity index (χ1n) is 7.27. The number of nitrogens with one attached hydrogen (secondary N) is 1. The molecule has 1 aromatic rings. The molecule has 1 N–H and O–H groups in total. The summed E-state index contributed by atoms with van der Waals surface area (Å²) >= 11 is 1.95. The summed E-state index contributed by atoms with van der Waals surface area (Å²) in [6.45, 7) is 8.56. The highest BCUT2D eigenvalue weighted by molar-refractivity contribution is 7.98. The molecule has 0 aliphatic rings. The van der Waals surface area contributed by atoms with E-state index in [1.54, 1.807) is 0 Å². The quantitative estimate of drug-likeness (QED) is 0.702. The highest BCUT2D eigenvalue weighted by atomic mass is 32.2. The topological polar surface area (TPSA) is 29.9 Å². The lowest BCUT2D eigenvalue weighted by Crippen LogP contribution is -2.22. The first-order chi connectivity index (χ1) is 9.04. The molecule has 0 radical (unpaired) electrons. The van der Waals surface area contributed by atoms with Crippen LogP contribution in [0, 0.1) is 0 Å². The Morgan fingerprint density at radius 1 is 1.21 bits per heavy atom. The minimum Gasteiger partial charge on any atom is -0.313 e. The molecule has 0 saturated heterocycles. The molecule has 110 valence electrons. The second-order valence-electron chi connectivity index (χ2n) is 6.05. The number of hydrogen-bond acceptors (Lipinski definition) is 3. The molecule has 0 aliphatic heterocycles. The second-order valence-corrected chi connectivity index (χ2v) is 7.03. The lowest BCUT2D eigenvalue weighted by molar-refractivity contribution is 0.355. The third kappa shape index (κ3) is 7.02. The smallest absolute Gasteiger partial charge is 0.0543 e. The summed E-state index contributed by atoms with van der Waals surface area (Å²) in [6, 6.07) is 0. The van der Waals surface area contributed by atoms with Crippen molar-refractivity contribution in [3.63, 3.8) is 0 Å². The Morgan fingerprint density at radius 2 is 1.95 bits per heavy atom. The van der Waals surface area contributed by atoms with Crippen LogP contribution in [0.4, 0.5) is 0 Å². The van der Waals surface area contributed by atoms with Crippen molar-refractivity contribution >= 4 is 11.8 Å². The summed E-state index contributed by atoms with van der Waals surface area (Å²) in [7, 11) is 0. The van der Waals surface area contributed by atoms with Crippen LogP contribution in [0.1, 0.15) is 52.0 Å². The fourth-order valence-corrected chi connectivity index (χ4v) is 2.39.